The van der Waals surface area contributed by atoms with Gasteiger partial charge < -0.3 is 10.2 Å². The Morgan fingerprint density at radius 1 is 1.08 bits per heavy atom. The first-order valence-electron chi connectivity index (χ1n) is 12.7. The van der Waals surface area contributed by atoms with E-state index in [-0.39, 0.29) is 43.8 Å². The molecule has 3 rings (SSSR count). The van der Waals surface area contributed by atoms with Gasteiger partial charge in [-0.3, -0.25) is 13.9 Å². The maximum atomic E-state index is 13.4. The van der Waals surface area contributed by atoms with Gasteiger partial charge in [-0.2, -0.15) is 0 Å². The average Bonchev–Trinajstić information content (AvgIpc) is 2.86. The summed E-state index contributed by atoms with van der Waals surface area (Å²) < 4.78 is 39.2. The number of rotatable bonds is 11. The van der Waals surface area contributed by atoms with Crippen LogP contribution in [0.25, 0.3) is 0 Å². The van der Waals surface area contributed by atoms with Gasteiger partial charge in [0, 0.05) is 35.6 Å². The quantitative estimate of drug-likeness (QED) is 0.375. The molecule has 0 saturated heterocycles. The van der Waals surface area contributed by atoms with Gasteiger partial charge in [0.05, 0.1) is 11.9 Å². The van der Waals surface area contributed by atoms with Crippen LogP contribution in [0, 0.1) is 5.82 Å². The van der Waals surface area contributed by atoms with Gasteiger partial charge >= 0.3 is 0 Å². The molecule has 208 valence electrons. The Kier molecular flexibility index (Phi) is 10.8. The van der Waals surface area contributed by atoms with Gasteiger partial charge in [-0.1, -0.05) is 48.5 Å². The molecule has 1 aliphatic rings. The number of nitrogens with zero attached hydrogens (tertiary/aromatic N) is 2. The smallest absolute Gasteiger partial charge is 0.242 e. The van der Waals surface area contributed by atoms with Gasteiger partial charge in [-0.25, -0.2) is 12.8 Å². The summed E-state index contributed by atoms with van der Waals surface area (Å²) in [5.41, 5.74) is 0.956. The maximum Gasteiger partial charge on any atom is 0.242 e. The number of carbonyl (C=O) groups excluding carboxylic acids is 2. The molecule has 1 aliphatic carbocycles. The van der Waals surface area contributed by atoms with E-state index in [4.69, 9.17) is 23.2 Å². The third-order valence-electron chi connectivity index (χ3n) is 6.74. The highest BCUT2D eigenvalue weighted by atomic mass is 35.5. The molecule has 0 heterocycles. The monoisotopic (exact) mass is 585 g/mol. The third kappa shape index (κ3) is 8.58. The lowest BCUT2D eigenvalue weighted by Crippen LogP contribution is -2.50. The first-order valence-corrected chi connectivity index (χ1v) is 15.3. The molecule has 0 spiro atoms. The van der Waals surface area contributed by atoms with E-state index in [2.05, 4.69) is 5.32 Å². The van der Waals surface area contributed by atoms with Crippen molar-refractivity contribution in [3.63, 3.8) is 0 Å². The highest BCUT2D eigenvalue weighted by Gasteiger charge is 2.29. The standard InChI is InChI=1S/C27H34Cl2FN3O4S/c1-19(27(35)31-23-7-4-3-5-8-23)32(18-20-10-11-21(28)17-25(20)29)26(34)9-6-16-33(38(2,36)37)24-14-12-22(30)13-15-24/h10-15,17,19,23H,3-9,16,18H2,1-2H3,(H,31,35). The normalized spacial score (nSPS) is 15.1. The molecule has 1 saturated carbocycles. The van der Waals surface area contributed by atoms with Crippen LogP contribution >= 0.6 is 23.2 Å². The molecule has 1 unspecified atom stereocenters. The van der Waals surface area contributed by atoms with Crippen LogP contribution in [-0.2, 0) is 26.2 Å². The number of sulfonamides is 1. The number of anilines is 1. The fraction of sp³-hybridized carbons (Fsp3) is 0.481. The fourth-order valence-corrected chi connectivity index (χ4v) is 6.03. The number of benzene rings is 2. The first kappa shape index (κ1) is 30.2. The molecular formula is C27H34Cl2FN3O4S. The number of hydrogen-bond donors (Lipinski definition) is 1. The van der Waals surface area contributed by atoms with Crippen molar-refractivity contribution in [1.82, 2.24) is 10.2 Å². The predicted molar refractivity (Wildman–Crippen MR) is 149 cm³/mol. The Balaban J connectivity index is 1.74. The molecule has 1 N–H and O–H groups in total. The Bertz CT molecular complexity index is 1220. The second kappa shape index (κ2) is 13.6. The van der Waals surface area contributed by atoms with Gasteiger partial charge in [-0.05, 0) is 68.1 Å². The van der Waals surface area contributed by atoms with Crippen molar-refractivity contribution >= 4 is 50.7 Å². The van der Waals surface area contributed by atoms with Gasteiger partial charge in [0.2, 0.25) is 21.8 Å². The van der Waals surface area contributed by atoms with Gasteiger partial charge in [0.15, 0.2) is 0 Å². The number of hydrogen-bond acceptors (Lipinski definition) is 4. The zero-order chi connectivity index (χ0) is 27.9. The van der Waals surface area contributed by atoms with E-state index >= 15 is 0 Å². The summed E-state index contributed by atoms with van der Waals surface area (Å²) in [5.74, 6) is -1.02. The van der Waals surface area contributed by atoms with E-state index in [9.17, 15) is 22.4 Å². The predicted octanol–water partition coefficient (Wildman–Crippen LogP) is 5.54. The first-order chi connectivity index (χ1) is 18.0. The minimum atomic E-state index is -3.66. The lowest BCUT2D eigenvalue weighted by Gasteiger charge is -2.32. The summed E-state index contributed by atoms with van der Waals surface area (Å²) in [5, 5.41) is 3.92. The van der Waals surface area contributed by atoms with E-state index in [1.54, 1.807) is 25.1 Å². The molecule has 11 heteroatoms. The van der Waals surface area contributed by atoms with Crippen LogP contribution in [0.4, 0.5) is 10.1 Å². The van der Waals surface area contributed by atoms with E-state index in [0.29, 0.717) is 21.3 Å². The molecule has 2 amide bonds. The fourth-order valence-electron chi connectivity index (χ4n) is 4.60. The molecule has 38 heavy (non-hydrogen) atoms. The van der Waals surface area contributed by atoms with E-state index in [1.807, 2.05) is 0 Å². The van der Waals surface area contributed by atoms with Crippen molar-refractivity contribution in [2.75, 3.05) is 17.1 Å². The van der Waals surface area contributed by atoms with Crippen LogP contribution in [0.5, 0.6) is 0 Å². The Labute approximate surface area is 234 Å². The van der Waals surface area contributed by atoms with E-state index in [0.717, 1.165) is 42.7 Å². The average molecular weight is 587 g/mol. The SMILES string of the molecule is CC(C(=O)NC1CCCCC1)N(Cc1ccc(Cl)cc1Cl)C(=O)CCCN(c1ccc(F)cc1)S(C)(=O)=O. The van der Waals surface area contributed by atoms with Crippen molar-refractivity contribution in [1.29, 1.82) is 0 Å². The topological polar surface area (TPSA) is 86.8 Å². The lowest BCUT2D eigenvalue weighted by molar-refractivity contribution is -0.141. The number of amides is 2. The molecule has 2 aromatic carbocycles. The Morgan fingerprint density at radius 3 is 2.34 bits per heavy atom. The molecule has 1 atom stereocenters. The van der Waals surface area contributed by atoms with Crippen LogP contribution < -0.4 is 9.62 Å². The molecule has 7 nitrogen and oxygen atoms in total. The van der Waals surface area contributed by atoms with Crippen LogP contribution in [0.3, 0.4) is 0 Å². The van der Waals surface area contributed by atoms with Crippen LogP contribution in [0.1, 0.15) is 57.4 Å². The second-order valence-electron chi connectivity index (χ2n) is 9.69. The van der Waals surface area contributed by atoms with Crippen molar-refractivity contribution < 1.29 is 22.4 Å². The molecule has 0 radical (unpaired) electrons. The summed E-state index contributed by atoms with van der Waals surface area (Å²) >= 11 is 12.4. The summed E-state index contributed by atoms with van der Waals surface area (Å²) in [7, 11) is -3.66. The highest BCUT2D eigenvalue weighted by molar-refractivity contribution is 7.92. The maximum absolute atomic E-state index is 13.4. The van der Waals surface area contributed by atoms with Crippen molar-refractivity contribution in [3.8, 4) is 0 Å². The minimum absolute atomic E-state index is 0.000524. The Hall–Kier alpha value is -2.36. The molecule has 0 aliphatic heterocycles. The van der Waals surface area contributed by atoms with Gasteiger partial charge in [-0.15, -0.1) is 0 Å². The van der Waals surface area contributed by atoms with Gasteiger partial charge in [0.1, 0.15) is 11.9 Å². The van der Waals surface area contributed by atoms with Crippen molar-refractivity contribution in [2.45, 2.75) is 70.5 Å². The zero-order valence-electron chi connectivity index (χ0n) is 21.6. The largest absolute Gasteiger partial charge is 0.352 e. The van der Waals surface area contributed by atoms with Gasteiger partial charge in [0.25, 0.3) is 0 Å². The zero-order valence-corrected chi connectivity index (χ0v) is 24.0. The third-order valence-corrected chi connectivity index (χ3v) is 8.52. The van der Waals surface area contributed by atoms with Crippen LogP contribution in [0.2, 0.25) is 10.0 Å². The number of nitrogens with one attached hydrogen (secondary N) is 1. The van der Waals surface area contributed by atoms with Crippen molar-refractivity contribution in [3.05, 3.63) is 63.9 Å². The van der Waals surface area contributed by atoms with Crippen molar-refractivity contribution in [2.24, 2.45) is 0 Å². The lowest BCUT2D eigenvalue weighted by atomic mass is 9.95. The highest BCUT2D eigenvalue weighted by Crippen LogP contribution is 2.25. The molecular weight excluding hydrogens is 552 g/mol. The summed E-state index contributed by atoms with van der Waals surface area (Å²) in [6.07, 6.45) is 6.38. The second-order valence-corrected chi connectivity index (χ2v) is 12.4. The molecule has 0 bridgehead atoms. The Morgan fingerprint density at radius 2 is 1.74 bits per heavy atom. The summed E-state index contributed by atoms with van der Waals surface area (Å²) in [6, 6.07) is 9.43. The molecule has 2 aromatic rings. The molecule has 1 fully saturated rings. The summed E-state index contributed by atoms with van der Waals surface area (Å²) in [6.45, 7) is 1.80. The summed E-state index contributed by atoms with van der Waals surface area (Å²) in [4.78, 5) is 28.0. The molecule has 0 aromatic heterocycles. The van der Waals surface area contributed by atoms with Crippen LogP contribution in [-0.4, -0.2) is 50.0 Å². The number of halogens is 3. The van der Waals surface area contributed by atoms with E-state index < -0.39 is 21.9 Å². The number of carbonyl (C=O) groups is 2. The minimum Gasteiger partial charge on any atom is -0.352 e. The van der Waals surface area contributed by atoms with E-state index in [1.165, 1.54) is 29.2 Å². The van der Waals surface area contributed by atoms with Crippen LogP contribution in [0.15, 0.2) is 42.5 Å².